The van der Waals surface area contributed by atoms with Gasteiger partial charge in [0.25, 0.3) is 0 Å². The lowest BCUT2D eigenvalue weighted by Crippen LogP contribution is -2.51. The van der Waals surface area contributed by atoms with Gasteiger partial charge in [-0.15, -0.1) is 24.8 Å². The quantitative estimate of drug-likeness (QED) is 0.692. The molecule has 25 heavy (non-hydrogen) atoms. The lowest BCUT2D eigenvalue weighted by Gasteiger charge is -2.38. The maximum Gasteiger partial charge on any atom is 0.220 e. The van der Waals surface area contributed by atoms with Crippen molar-refractivity contribution >= 4 is 30.7 Å². The van der Waals surface area contributed by atoms with E-state index in [1.165, 1.54) is 19.3 Å². The fourth-order valence-corrected chi connectivity index (χ4v) is 4.07. The number of carbonyl (C=O) groups is 1. The highest BCUT2D eigenvalue weighted by molar-refractivity contribution is 5.85. The van der Waals surface area contributed by atoms with Crippen molar-refractivity contribution in [1.29, 1.82) is 0 Å². The molecule has 1 saturated carbocycles. The third kappa shape index (κ3) is 7.59. The van der Waals surface area contributed by atoms with Crippen LogP contribution in [0.4, 0.5) is 0 Å². The first-order valence-electron chi connectivity index (χ1n) is 9.35. The van der Waals surface area contributed by atoms with E-state index in [1.807, 2.05) is 0 Å². The first-order chi connectivity index (χ1) is 11.1. The van der Waals surface area contributed by atoms with Gasteiger partial charge < -0.3 is 15.8 Å². The van der Waals surface area contributed by atoms with E-state index in [1.54, 1.807) is 0 Å². The summed E-state index contributed by atoms with van der Waals surface area (Å²) in [5.41, 5.74) is 6.06. The Morgan fingerprint density at radius 3 is 2.28 bits per heavy atom. The molecule has 0 aromatic carbocycles. The van der Waals surface area contributed by atoms with Crippen LogP contribution in [0.25, 0.3) is 0 Å². The van der Waals surface area contributed by atoms with Gasteiger partial charge in [-0.2, -0.15) is 0 Å². The minimum atomic E-state index is 0. The average molecular weight is 398 g/mol. The van der Waals surface area contributed by atoms with Crippen molar-refractivity contribution in [2.75, 3.05) is 39.4 Å². The van der Waals surface area contributed by atoms with Crippen LogP contribution in [0.2, 0.25) is 0 Å². The van der Waals surface area contributed by atoms with Gasteiger partial charge in [-0.3, -0.25) is 9.69 Å². The van der Waals surface area contributed by atoms with Crippen LogP contribution >= 0.6 is 24.8 Å². The molecule has 5 nitrogen and oxygen atoms in total. The van der Waals surface area contributed by atoms with Crippen molar-refractivity contribution in [3.63, 3.8) is 0 Å². The smallest absolute Gasteiger partial charge is 0.220 e. The van der Waals surface area contributed by atoms with Crippen LogP contribution < -0.4 is 11.1 Å². The molecule has 1 aliphatic heterocycles. The monoisotopic (exact) mass is 397 g/mol. The standard InChI is InChI=1S/C18H35N3O2.2ClH/c1-15(2)16(21-8-10-23-11-9-21)13-20-17(22)12-18(14-19)6-4-3-5-7-18;;/h15-16H,3-14,19H2,1-2H3,(H,20,22);2*1H. The number of hydrogen-bond acceptors (Lipinski definition) is 4. The van der Waals surface area contributed by atoms with Crippen LogP contribution in [0.5, 0.6) is 0 Å². The number of hydrogen-bond donors (Lipinski definition) is 2. The highest BCUT2D eigenvalue weighted by atomic mass is 35.5. The second kappa shape index (κ2) is 12.3. The summed E-state index contributed by atoms with van der Waals surface area (Å²) in [6, 6.07) is 0.392. The van der Waals surface area contributed by atoms with Gasteiger partial charge in [0.2, 0.25) is 5.91 Å². The third-order valence-electron chi connectivity index (χ3n) is 5.68. The third-order valence-corrected chi connectivity index (χ3v) is 5.68. The van der Waals surface area contributed by atoms with Crippen molar-refractivity contribution < 1.29 is 9.53 Å². The number of nitrogens with two attached hydrogens (primary N) is 1. The van der Waals surface area contributed by atoms with Gasteiger partial charge in [0.05, 0.1) is 13.2 Å². The summed E-state index contributed by atoms with van der Waals surface area (Å²) in [5, 5.41) is 3.19. The summed E-state index contributed by atoms with van der Waals surface area (Å²) >= 11 is 0. The fraction of sp³-hybridized carbons (Fsp3) is 0.944. The van der Waals surface area contributed by atoms with Crippen LogP contribution in [0.1, 0.15) is 52.4 Å². The van der Waals surface area contributed by atoms with Gasteiger partial charge in [0, 0.05) is 32.1 Å². The number of amides is 1. The molecule has 150 valence electrons. The van der Waals surface area contributed by atoms with Gasteiger partial charge in [0.1, 0.15) is 0 Å². The zero-order valence-corrected chi connectivity index (χ0v) is 17.4. The Hall–Kier alpha value is -0.0700. The number of morpholine rings is 1. The Morgan fingerprint density at radius 1 is 1.16 bits per heavy atom. The Labute approximate surface area is 165 Å². The molecule has 0 bridgehead atoms. The molecule has 1 heterocycles. The van der Waals surface area contributed by atoms with Crippen LogP contribution in [-0.2, 0) is 9.53 Å². The first-order valence-corrected chi connectivity index (χ1v) is 9.35. The molecular weight excluding hydrogens is 361 g/mol. The summed E-state index contributed by atoms with van der Waals surface area (Å²) in [6.07, 6.45) is 6.52. The number of ether oxygens (including phenoxy) is 1. The maximum atomic E-state index is 12.5. The van der Waals surface area contributed by atoms with E-state index in [-0.39, 0.29) is 36.1 Å². The molecule has 0 aromatic heterocycles. The second-order valence-corrected chi connectivity index (χ2v) is 7.71. The van der Waals surface area contributed by atoms with Crippen molar-refractivity contribution in [2.24, 2.45) is 17.1 Å². The van der Waals surface area contributed by atoms with Gasteiger partial charge in [-0.1, -0.05) is 33.1 Å². The van der Waals surface area contributed by atoms with E-state index < -0.39 is 0 Å². The van der Waals surface area contributed by atoms with E-state index in [4.69, 9.17) is 10.5 Å². The molecule has 1 amide bonds. The average Bonchev–Trinajstić information content (AvgIpc) is 2.56. The highest BCUT2D eigenvalue weighted by Crippen LogP contribution is 2.38. The molecule has 2 fully saturated rings. The SMILES string of the molecule is CC(C)C(CNC(=O)CC1(CN)CCCCC1)N1CCOCC1.Cl.Cl. The van der Waals surface area contributed by atoms with Crippen molar-refractivity contribution in [3.05, 3.63) is 0 Å². The Balaban J connectivity index is 0.00000288. The molecule has 2 rings (SSSR count). The molecule has 0 spiro atoms. The molecule has 1 unspecified atom stereocenters. The van der Waals surface area contributed by atoms with Crippen LogP contribution in [0.3, 0.4) is 0 Å². The van der Waals surface area contributed by atoms with E-state index in [2.05, 4.69) is 24.1 Å². The first kappa shape index (κ1) is 24.9. The predicted octanol–water partition coefficient (Wildman–Crippen LogP) is 2.60. The highest BCUT2D eigenvalue weighted by Gasteiger charge is 2.33. The topological polar surface area (TPSA) is 67.6 Å². The normalized spacial score (nSPS) is 21.8. The maximum absolute atomic E-state index is 12.5. The number of nitrogens with zero attached hydrogens (tertiary/aromatic N) is 1. The van der Waals surface area contributed by atoms with Crippen molar-refractivity contribution in [1.82, 2.24) is 10.2 Å². The molecule has 3 N–H and O–H groups in total. The summed E-state index contributed by atoms with van der Waals surface area (Å²) < 4.78 is 5.44. The van der Waals surface area contributed by atoms with E-state index in [0.717, 1.165) is 45.7 Å². The minimum absolute atomic E-state index is 0. The second-order valence-electron chi connectivity index (χ2n) is 7.71. The lowest BCUT2D eigenvalue weighted by atomic mass is 9.71. The van der Waals surface area contributed by atoms with Gasteiger partial charge in [0.15, 0.2) is 0 Å². The fourth-order valence-electron chi connectivity index (χ4n) is 4.07. The molecule has 1 atom stereocenters. The summed E-state index contributed by atoms with van der Waals surface area (Å²) in [5.74, 6) is 0.697. The number of halogens is 2. The Morgan fingerprint density at radius 2 is 1.76 bits per heavy atom. The zero-order valence-electron chi connectivity index (χ0n) is 15.8. The zero-order chi connectivity index (χ0) is 16.7. The molecule has 2 aliphatic rings. The van der Waals surface area contributed by atoms with Gasteiger partial charge in [-0.25, -0.2) is 0 Å². The molecule has 0 radical (unpaired) electrons. The molecule has 1 saturated heterocycles. The Bertz CT molecular complexity index is 371. The summed E-state index contributed by atoms with van der Waals surface area (Å²) in [7, 11) is 0. The largest absolute Gasteiger partial charge is 0.379 e. The minimum Gasteiger partial charge on any atom is -0.379 e. The van der Waals surface area contributed by atoms with Gasteiger partial charge >= 0.3 is 0 Å². The van der Waals surface area contributed by atoms with Crippen molar-refractivity contribution in [3.8, 4) is 0 Å². The van der Waals surface area contributed by atoms with Crippen LogP contribution in [-0.4, -0.2) is 56.2 Å². The lowest BCUT2D eigenvalue weighted by molar-refractivity contribution is -0.124. The molecule has 7 heteroatoms. The van der Waals surface area contributed by atoms with E-state index in [9.17, 15) is 4.79 Å². The van der Waals surface area contributed by atoms with Crippen LogP contribution in [0, 0.1) is 11.3 Å². The van der Waals surface area contributed by atoms with E-state index in [0.29, 0.717) is 24.9 Å². The van der Waals surface area contributed by atoms with E-state index >= 15 is 0 Å². The summed E-state index contributed by atoms with van der Waals surface area (Å²) in [4.78, 5) is 14.9. The molecular formula is C18H37Cl2N3O2. The molecule has 0 aromatic rings. The van der Waals surface area contributed by atoms with Crippen LogP contribution in [0.15, 0.2) is 0 Å². The molecule has 1 aliphatic carbocycles. The number of carbonyl (C=O) groups excluding carboxylic acids is 1. The van der Waals surface area contributed by atoms with Crippen molar-refractivity contribution in [2.45, 2.75) is 58.4 Å². The number of nitrogens with one attached hydrogen (secondary N) is 1. The Kier molecular flexibility index (Phi) is 12.3. The summed E-state index contributed by atoms with van der Waals surface area (Å²) in [6.45, 7) is 9.36. The predicted molar refractivity (Wildman–Crippen MR) is 108 cm³/mol. The number of rotatable bonds is 7. The van der Waals surface area contributed by atoms with Gasteiger partial charge in [-0.05, 0) is 30.7 Å².